The van der Waals surface area contributed by atoms with Crippen LogP contribution in [-0.2, 0) is 25.9 Å². The van der Waals surface area contributed by atoms with Gasteiger partial charge in [0.1, 0.15) is 11.6 Å². The molecule has 1 aliphatic rings. The van der Waals surface area contributed by atoms with E-state index in [9.17, 15) is 5.11 Å². The van der Waals surface area contributed by atoms with Gasteiger partial charge in [-0.1, -0.05) is 49.4 Å². The summed E-state index contributed by atoms with van der Waals surface area (Å²) in [6.45, 7) is 4.83. The number of fused-ring (bicyclic) bond motifs is 2. The van der Waals surface area contributed by atoms with Crippen LogP contribution in [0.2, 0.25) is 0 Å². The van der Waals surface area contributed by atoms with Crippen molar-refractivity contribution in [3.05, 3.63) is 89.4 Å². The van der Waals surface area contributed by atoms with Crippen molar-refractivity contribution in [3.63, 3.8) is 0 Å². The zero-order valence-corrected chi connectivity index (χ0v) is 17.2. The van der Waals surface area contributed by atoms with Gasteiger partial charge in [-0.15, -0.1) is 0 Å². The number of rotatable bonds is 4. The highest BCUT2D eigenvalue weighted by atomic mass is 16.3. The van der Waals surface area contributed by atoms with Gasteiger partial charge in [0.05, 0.1) is 11.4 Å². The van der Waals surface area contributed by atoms with Crippen molar-refractivity contribution in [1.82, 2.24) is 14.9 Å². The monoisotopic (exact) mass is 395 g/mol. The van der Waals surface area contributed by atoms with E-state index in [4.69, 9.17) is 9.97 Å². The van der Waals surface area contributed by atoms with Crippen molar-refractivity contribution in [3.8, 4) is 17.0 Å². The third-order valence-electron chi connectivity index (χ3n) is 5.92. The third kappa shape index (κ3) is 3.55. The van der Waals surface area contributed by atoms with Gasteiger partial charge in [0.25, 0.3) is 0 Å². The second kappa shape index (κ2) is 7.88. The largest absolute Gasteiger partial charge is 0.508 e. The minimum Gasteiger partial charge on any atom is -0.508 e. The van der Waals surface area contributed by atoms with Gasteiger partial charge in [-0.3, -0.25) is 4.90 Å². The molecule has 4 aromatic rings. The van der Waals surface area contributed by atoms with Crippen molar-refractivity contribution < 1.29 is 5.11 Å². The minimum absolute atomic E-state index is 0.273. The summed E-state index contributed by atoms with van der Waals surface area (Å²) in [5.41, 5.74) is 5.77. The first kappa shape index (κ1) is 18.8. The molecule has 0 aliphatic carbocycles. The van der Waals surface area contributed by atoms with E-state index in [2.05, 4.69) is 54.3 Å². The van der Waals surface area contributed by atoms with Crippen LogP contribution in [0.25, 0.3) is 22.0 Å². The number of phenols is 1. The van der Waals surface area contributed by atoms with E-state index < -0.39 is 0 Å². The van der Waals surface area contributed by atoms with Gasteiger partial charge in [0.2, 0.25) is 0 Å². The Morgan fingerprint density at radius 3 is 2.57 bits per heavy atom. The van der Waals surface area contributed by atoms with Gasteiger partial charge in [-0.05, 0) is 40.6 Å². The van der Waals surface area contributed by atoms with Crippen molar-refractivity contribution in [2.24, 2.45) is 0 Å². The zero-order valence-electron chi connectivity index (χ0n) is 17.2. The standard InChI is InChI=1S/C26H25N3O/c1-2-25-27-24-14-15-29(16-20-8-5-7-18-6-3-4-9-22(18)20)17-23(24)26(28-25)19-10-12-21(30)13-11-19/h3-13,30H,2,14-17H2,1H3. The molecule has 1 aliphatic heterocycles. The number of hydrogen-bond acceptors (Lipinski definition) is 4. The third-order valence-corrected chi connectivity index (χ3v) is 5.92. The molecule has 30 heavy (non-hydrogen) atoms. The Balaban J connectivity index is 1.50. The highest BCUT2D eigenvalue weighted by Gasteiger charge is 2.23. The molecule has 0 bridgehead atoms. The number of phenolic OH excluding ortho intramolecular Hbond substituents is 1. The van der Waals surface area contributed by atoms with Gasteiger partial charge >= 0.3 is 0 Å². The van der Waals surface area contributed by atoms with Crippen molar-refractivity contribution >= 4 is 10.8 Å². The van der Waals surface area contributed by atoms with Crippen molar-refractivity contribution in [2.75, 3.05) is 6.54 Å². The van der Waals surface area contributed by atoms with Gasteiger partial charge in [-0.2, -0.15) is 0 Å². The zero-order chi connectivity index (χ0) is 20.5. The molecule has 4 nitrogen and oxygen atoms in total. The van der Waals surface area contributed by atoms with E-state index in [-0.39, 0.29) is 5.75 Å². The first-order chi connectivity index (χ1) is 14.7. The second-order valence-corrected chi connectivity index (χ2v) is 7.91. The van der Waals surface area contributed by atoms with Crippen LogP contribution in [-0.4, -0.2) is 26.5 Å². The smallest absolute Gasteiger partial charge is 0.129 e. The molecule has 0 saturated heterocycles. The molecule has 4 heteroatoms. The number of nitrogens with zero attached hydrogens (tertiary/aromatic N) is 3. The summed E-state index contributed by atoms with van der Waals surface area (Å²) in [5, 5.41) is 12.3. The lowest BCUT2D eigenvalue weighted by Crippen LogP contribution is -2.31. The quantitative estimate of drug-likeness (QED) is 0.521. The van der Waals surface area contributed by atoms with Crippen molar-refractivity contribution in [1.29, 1.82) is 0 Å². The average Bonchev–Trinajstić information content (AvgIpc) is 2.79. The van der Waals surface area contributed by atoms with E-state index in [0.29, 0.717) is 0 Å². The molecule has 5 rings (SSSR count). The van der Waals surface area contributed by atoms with E-state index in [1.165, 1.54) is 27.6 Å². The predicted octanol–water partition coefficient (Wildman–Crippen LogP) is 5.12. The summed E-state index contributed by atoms with van der Waals surface area (Å²) in [4.78, 5) is 12.2. The Kier molecular flexibility index (Phi) is 4.93. The molecule has 1 aromatic heterocycles. The molecule has 3 aromatic carbocycles. The molecule has 0 unspecified atom stereocenters. The van der Waals surface area contributed by atoms with Gasteiger partial charge in [0.15, 0.2) is 0 Å². The maximum absolute atomic E-state index is 9.69. The fourth-order valence-corrected chi connectivity index (χ4v) is 4.34. The van der Waals surface area contributed by atoms with Crippen LogP contribution < -0.4 is 0 Å². The Hall–Kier alpha value is -3.24. The molecular weight excluding hydrogens is 370 g/mol. The molecular formula is C26H25N3O. The van der Waals surface area contributed by atoms with Crippen LogP contribution in [0.5, 0.6) is 5.75 Å². The molecule has 1 N–H and O–H groups in total. The Morgan fingerprint density at radius 2 is 1.73 bits per heavy atom. The SMILES string of the molecule is CCc1nc2c(c(-c3ccc(O)cc3)n1)CN(Cc1cccc3ccccc13)CC2. The minimum atomic E-state index is 0.273. The highest BCUT2D eigenvalue weighted by Crippen LogP contribution is 2.31. The molecule has 0 fully saturated rings. The van der Waals surface area contributed by atoms with Gasteiger partial charge < -0.3 is 5.11 Å². The fourth-order valence-electron chi connectivity index (χ4n) is 4.34. The fraction of sp³-hybridized carbons (Fsp3) is 0.231. The first-order valence-electron chi connectivity index (χ1n) is 10.6. The lowest BCUT2D eigenvalue weighted by molar-refractivity contribution is 0.244. The summed E-state index contributed by atoms with van der Waals surface area (Å²) >= 11 is 0. The van der Waals surface area contributed by atoms with Crippen LogP contribution >= 0.6 is 0 Å². The highest BCUT2D eigenvalue weighted by molar-refractivity contribution is 5.85. The van der Waals surface area contributed by atoms with Crippen LogP contribution in [0.1, 0.15) is 29.6 Å². The Morgan fingerprint density at radius 1 is 0.933 bits per heavy atom. The number of benzene rings is 3. The van der Waals surface area contributed by atoms with E-state index in [1.807, 2.05) is 12.1 Å². The normalized spacial score (nSPS) is 14.0. The number of aryl methyl sites for hydroxylation is 1. The number of aromatic hydroxyl groups is 1. The van der Waals surface area contributed by atoms with E-state index in [0.717, 1.165) is 49.6 Å². The lowest BCUT2D eigenvalue weighted by Gasteiger charge is -2.30. The molecule has 0 saturated carbocycles. The van der Waals surface area contributed by atoms with Crippen LogP contribution in [0, 0.1) is 0 Å². The summed E-state index contributed by atoms with van der Waals surface area (Å²) in [5.74, 6) is 1.16. The molecule has 2 heterocycles. The lowest BCUT2D eigenvalue weighted by atomic mass is 9.97. The topological polar surface area (TPSA) is 49.3 Å². The Bertz CT molecular complexity index is 1200. The second-order valence-electron chi connectivity index (χ2n) is 7.91. The maximum Gasteiger partial charge on any atom is 0.129 e. The molecule has 150 valence electrons. The van der Waals surface area contributed by atoms with Crippen LogP contribution in [0.15, 0.2) is 66.7 Å². The first-order valence-corrected chi connectivity index (χ1v) is 10.6. The Labute approximate surface area is 176 Å². The molecule has 0 amide bonds. The maximum atomic E-state index is 9.69. The number of aromatic nitrogens is 2. The molecule has 0 spiro atoms. The van der Waals surface area contributed by atoms with Crippen LogP contribution in [0.3, 0.4) is 0 Å². The van der Waals surface area contributed by atoms with Gasteiger partial charge in [0, 0.05) is 43.6 Å². The summed E-state index contributed by atoms with van der Waals surface area (Å²) < 4.78 is 0. The van der Waals surface area contributed by atoms with E-state index >= 15 is 0 Å². The molecule has 0 atom stereocenters. The number of hydrogen-bond donors (Lipinski definition) is 1. The van der Waals surface area contributed by atoms with Gasteiger partial charge in [-0.25, -0.2) is 9.97 Å². The molecule has 0 radical (unpaired) electrons. The van der Waals surface area contributed by atoms with Crippen molar-refractivity contribution in [2.45, 2.75) is 32.9 Å². The summed E-state index contributed by atoms with van der Waals surface area (Å²) in [6, 6.07) is 22.5. The predicted molar refractivity (Wildman–Crippen MR) is 120 cm³/mol. The average molecular weight is 396 g/mol. The summed E-state index contributed by atoms with van der Waals surface area (Å²) in [6.07, 6.45) is 1.75. The summed E-state index contributed by atoms with van der Waals surface area (Å²) in [7, 11) is 0. The van der Waals surface area contributed by atoms with Crippen LogP contribution in [0.4, 0.5) is 0 Å². The van der Waals surface area contributed by atoms with E-state index in [1.54, 1.807) is 12.1 Å².